The topological polar surface area (TPSA) is 24.5 Å². The predicted octanol–water partition coefficient (Wildman–Crippen LogP) is 2.27. The van der Waals surface area contributed by atoms with Gasteiger partial charge in [-0.05, 0) is 33.0 Å². The van der Waals surface area contributed by atoms with E-state index in [1.54, 1.807) is 7.11 Å². The van der Waals surface area contributed by atoms with Crippen molar-refractivity contribution in [2.45, 2.75) is 37.9 Å². The number of ether oxygens (including phenoxy) is 1. The van der Waals surface area contributed by atoms with Crippen LogP contribution < -0.4 is 10.1 Å². The summed E-state index contributed by atoms with van der Waals surface area (Å²) in [5.41, 5.74) is 1.27. The van der Waals surface area contributed by atoms with Crippen molar-refractivity contribution >= 4 is 0 Å². The Labute approximate surface area is 110 Å². The summed E-state index contributed by atoms with van der Waals surface area (Å²) in [7, 11) is 6.03. The van der Waals surface area contributed by atoms with E-state index < -0.39 is 0 Å². The Kier molecular flexibility index (Phi) is 4.61. The molecule has 2 atom stereocenters. The van der Waals surface area contributed by atoms with Crippen LogP contribution in [0, 0.1) is 0 Å². The Balaban J connectivity index is 2.04. The predicted molar refractivity (Wildman–Crippen MR) is 74.9 cm³/mol. The molecule has 1 aliphatic carbocycles. The van der Waals surface area contributed by atoms with Crippen LogP contribution in [-0.2, 0) is 6.54 Å². The third-order valence-corrected chi connectivity index (χ3v) is 4.03. The zero-order valence-corrected chi connectivity index (χ0v) is 11.6. The molecule has 1 N–H and O–H groups in total. The summed E-state index contributed by atoms with van der Waals surface area (Å²) in [5.74, 6) is 0.989. The second kappa shape index (κ2) is 6.21. The van der Waals surface area contributed by atoms with Gasteiger partial charge in [0.1, 0.15) is 5.75 Å². The SMILES string of the molecule is CNC1CCCC1N(C)Cc1ccccc1OC. The first-order valence-corrected chi connectivity index (χ1v) is 6.75. The molecule has 0 saturated heterocycles. The number of likely N-dealkylation sites (N-methyl/N-ethyl adjacent to an activating group) is 2. The molecule has 1 aliphatic rings. The minimum absolute atomic E-state index is 0.629. The number of nitrogens with zero attached hydrogens (tertiary/aromatic N) is 1. The molecule has 0 aliphatic heterocycles. The molecule has 0 amide bonds. The van der Waals surface area contributed by atoms with E-state index in [4.69, 9.17) is 4.74 Å². The molecule has 2 rings (SSSR count). The van der Waals surface area contributed by atoms with Crippen LogP contribution in [0.4, 0.5) is 0 Å². The van der Waals surface area contributed by atoms with Crippen LogP contribution in [-0.4, -0.2) is 38.2 Å². The summed E-state index contributed by atoms with van der Waals surface area (Å²) >= 11 is 0. The zero-order chi connectivity index (χ0) is 13.0. The normalized spacial score (nSPS) is 23.6. The average molecular weight is 248 g/mol. The summed E-state index contributed by atoms with van der Waals surface area (Å²) < 4.78 is 5.42. The number of benzene rings is 1. The number of rotatable bonds is 5. The lowest BCUT2D eigenvalue weighted by Crippen LogP contribution is -2.43. The highest BCUT2D eigenvalue weighted by Gasteiger charge is 2.29. The van der Waals surface area contributed by atoms with Crippen molar-refractivity contribution < 1.29 is 4.74 Å². The molecule has 0 aromatic heterocycles. The second-order valence-electron chi connectivity index (χ2n) is 5.12. The standard InChI is InChI=1S/C15H24N2O/c1-16-13-8-6-9-14(13)17(2)11-12-7-4-5-10-15(12)18-3/h4-5,7,10,13-14,16H,6,8-9,11H2,1-3H3. The largest absolute Gasteiger partial charge is 0.496 e. The summed E-state index contributed by atoms with van der Waals surface area (Å²) in [6, 6.07) is 9.56. The minimum atomic E-state index is 0.629. The lowest BCUT2D eigenvalue weighted by Gasteiger charge is -2.29. The Bertz CT molecular complexity index is 381. The van der Waals surface area contributed by atoms with Crippen molar-refractivity contribution in [1.82, 2.24) is 10.2 Å². The van der Waals surface area contributed by atoms with Gasteiger partial charge in [-0.15, -0.1) is 0 Å². The first kappa shape index (κ1) is 13.4. The minimum Gasteiger partial charge on any atom is -0.496 e. The fourth-order valence-corrected chi connectivity index (χ4v) is 3.02. The molecule has 1 saturated carbocycles. The molecule has 3 nitrogen and oxygen atoms in total. The number of hydrogen-bond acceptors (Lipinski definition) is 3. The molecule has 1 aromatic rings. The Morgan fingerprint density at radius 2 is 2.11 bits per heavy atom. The second-order valence-corrected chi connectivity index (χ2v) is 5.12. The van der Waals surface area contributed by atoms with Crippen LogP contribution in [0.5, 0.6) is 5.75 Å². The molecule has 0 heterocycles. The molecule has 100 valence electrons. The lowest BCUT2D eigenvalue weighted by molar-refractivity contribution is 0.205. The maximum absolute atomic E-state index is 5.42. The maximum Gasteiger partial charge on any atom is 0.123 e. The van der Waals surface area contributed by atoms with Gasteiger partial charge < -0.3 is 10.1 Å². The van der Waals surface area contributed by atoms with Gasteiger partial charge in [0.2, 0.25) is 0 Å². The average Bonchev–Trinajstić information content (AvgIpc) is 2.87. The number of para-hydroxylation sites is 1. The van der Waals surface area contributed by atoms with Crippen LogP contribution in [0.25, 0.3) is 0 Å². The Hall–Kier alpha value is -1.06. The molecule has 18 heavy (non-hydrogen) atoms. The van der Waals surface area contributed by atoms with Gasteiger partial charge in [0.25, 0.3) is 0 Å². The first-order chi connectivity index (χ1) is 8.76. The maximum atomic E-state index is 5.42. The molecule has 0 spiro atoms. The third-order valence-electron chi connectivity index (χ3n) is 4.03. The van der Waals surface area contributed by atoms with Gasteiger partial charge in [0.15, 0.2) is 0 Å². The molecular weight excluding hydrogens is 224 g/mol. The fourth-order valence-electron chi connectivity index (χ4n) is 3.02. The van der Waals surface area contributed by atoms with Gasteiger partial charge in [-0.3, -0.25) is 4.90 Å². The summed E-state index contributed by atoms with van der Waals surface area (Å²) in [6.45, 7) is 0.951. The lowest BCUT2D eigenvalue weighted by atomic mass is 10.1. The summed E-state index contributed by atoms with van der Waals surface area (Å²) in [5, 5.41) is 3.44. The van der Waals surface area contributed by atoms with E-state index in [0.29, 0.717) is 12.1 Å². The van der Waals surface area contributed by atoms with Crippen molar-refractivity contribution in [3.05, 3.63) is 29.8 Å². The summed E-state index contributed by atoms with van der Waals surface area (Å²) in [6.07, 6.45) is 3.90. The van der Waals surface area contributed by atoms with Crippen LogP contribution >= 0.6 is 0 Å². The van der Waals surface area contributed by atoms with E-state index in [2.05, 4.69) is 36.4 Å². The van der Waals surface area contributed by atoms with E-state index in [1.807, 2.05) is 12.1 Å². The molecule has 0 radical (unpaired) electrons. The van der Waals surface area contributed by atoms with Crippen molar-refractivity contribution in [3.63, 3.8) is 0 Å². The number of hydrogen-bond donors (Lipinski definition) is 1. The van der Waals surface area contributed by atoms with Gasteiger partial charge in [-0.25, -0.2) is 0 Å². The van der Waals surface area contributed by atoms with E-state index in [9.17, 15) is 0 Å². The van der Waals surface area contributed by atoms with E-state index in [1.165, 1.54) is 24.8 Å². The quantitative estimate of drug-likeness (QED) is 0.865. The molecule has 1 aromatic carbocycles. The highest BCUT2D eigenvalue weighted by atomic mass is 16.5. The van der Waals surface area contributed by atoms with Gasteiger partial charge in [0.05, 0.1) is 7.11 Å². The monoisotopic (exact) mass is 248 g/mol. The molecular formula is C15H24N2O. The van der Waals surface area contributed by atoms with E-state index in [-0.39, 0.29) is 0 Å². The highest BCUT2D eigenvalue weighted by molar-refractivity contribution is 5.33. The van der Waals surface area contributed by atoms with Crippen molar-refractivity contribution in [2.75, 3.05) is 21.2 Å². The number of methoxy groups -OCH3 is 1. The van der Waals surface area contributed by atoms with E-state index >= 15 is 0 Å². The van der Waals surface area contributed by atoms with Crippen LogP contribution in [0.2, 0.25) is 0 Å². The molecule has 1 fully saturated rings. The van der Waals surface area contributed by atoms with Crippen molar-refractivity contribution in [3.8, 4) is 5.75 Å². The van der Waals surface area contributed by atoms with Gasteiger partial charge in [0, 0.05) is 24.2 Å². The fraction of sp³-hybridized carbons (Fsp3) is 0.600. The smallest absolute Gasteiger partial charge is 0.123 e. The third kappa shape index (κ3) is 2.85. The van der Waals surface area contributed by atoms with Crippen molar-refractivity contribution in [2.24, 2.45) is 0 Å². The van der Waals surface area contributed by atoms with Gasteiger partial charge in [-0.1, -0.05) is 24.6 Å². The van der Waals surface area contributed by atoms with Gasteiger partial charge >= 0.3 is 0 Å². The zero-order valence-electron chi connectivity index (χ0n) is 11.6. The first-order valence-electron chi connectivity index (χ1n) is 6.75. The highest BCUT2D eigenvalue weighted by Crippen LogP contribution is 2.26. The van der Waals surface area contributed by atoms with Crippen LogP contribution in [0.3, 0.4) is 0 Å². The van der Waals surface area contributed by atoms with Gasteiger partial charge in [-0.2, -0.15) is 0 Å². The van der Waals surface area contributed by atoms with Crippen LogP contribution in [0.1, 0.15) is 24.8 Å². The Morgan fingerprint density at radius 3 is 2.83 bits per heavy atom. The number of nitrogens with one attached hydrogen (secondary N) is 1. The summed E-state index contributed by atoms with van der Waals surface area (Å²) in [4.78, 5) is 2.45. The van der Waals surface area contributed by atoms with E-state index in [0.717, 1.165) is 12.3 Å². The Morgan fingerprint density at radius 1 is 1.33 bits per heavy atom. The molecule has 2 unspecified atom stereocenters. The van der Waals surface area contributed by atoms with Crippen molar-refractivity contribution in [1.29, 1.82) is 0 Å². The molecule has 0 bridgehead atoms. The van der Waals surface area contributed by atoms with Crippen LogP contribution in [0.15, 0.2) is 24.3 Å². The molecule has 3 heteroatoms.